The van der Waals surface area contributed by atoms with Crippen LogP contribution in [0.5, 0.6) is 5.75 Å². The highest BCUT2D eigenvalue weighted by molar-refractivity contribution is 5.97. The van der Waals surface area contributed by atoms with Gasteiger partial charge in [0, 0.05) is 13.6 Å². The quantitative estimate of drug-likeness (QED) is 0.286. The molecule has 0 spiro atoms. The van der Waals surface area contributed by atoms with Gasteiger partial charge in [0.05, 0.1) is 12.4 Å². The summed E-state index contributed by atoms with van der Waals surface area (Å²) in [6, 6.07) is 5.78. The molecule has 1 aliphatic rings. The molecule has 0 saturated carbocycles. The first-order valence-electron chi connectivity index (χ1n) is 5.39. The molecule has 6 nitrogen and oxygen atoms in total. The third kappa shape index (κ3) is 2.55. The van der Waals surface area contributed by atoms with Crippen molar-refractivity contribution in [3.63, 3.8) is 0 Å². The van der Waals surface area contributed by atoms with E-state index in [0.29, 0.717) is 13.2 Å². The summed E-state index contributed by atoms with van der Waals surface area (Å²) in [4.78, 5) is 13.1. The van der Waals surface area contributed by atoms with E-state index in [-0.39, 0.29) is 12.5 Å². The Kier molecular flexibility index (Phi) is 3.58. The number of benzene rings is 1. The molecular formula is C11H16N4O2. The second kappa shape index (κ2) is 5.13. The number of ether oxygens (including phenoxy) is 1. The smallest absolute Gasteiger partial charge is 0.264 e. The Bertz CT molecular complexity index is 422. The standard InChI is InChI=1S/C11H16N4O2/c1-15-9-4-8(5-13-7-14-12)2-3-10(9)17-6-11(15)16/h2-4,13-14H,5-7,12H2,1H3. The van der Waals surface area contributed by atoms with E-state index >= 15 is 0 Å². The Labute approximate surface area is 99.7 Å². The molecule has 0 bridgehead atoms. The monoisotopic (exact) mass is 236 g/mol. The third-order valence-electron chi connectivity index (χ3n) is 2.67. The van der Waals surface area contributed by atoms with Crippen LogP contribution in [0.1, 0.15) is 5.56 Å². The van der Waals surface area contributed by atoms with Crippen molar-refractivity contribution >= 4 is 11.6 Å². The van der Waals surface area contributed by atoms with Crippen LogP contribution in [0.2, 0.25) is 0 Å². The van der Waals surface area contributed by atoms with Crippen LogP contribution in [0.15, 0.2) is 18.2 Å². The van der Waals surface area contributed by atoms with Gasteiger partial charge in [0.2, 0.25) is 0 Å². The molecule has 1 heterocycles. The van der Waals surface area contributed by atoms with Crippen LogP contribution in [0.4, 0.5) is 5.69 Å². The minimum Gasteiger partial charge on any atom is -0.482 e. The number of likely N-dealkylation sites (N-methyl/N-ethyl adjacent to an activating group) is 1. The van der Waals surface area contributed by atoms with Crippen molar-refractivity contribution in [3.05, 3.63) is 23.8 Å². The zero-order chi connectivity index (χ0) is 12.3. The molecule has 1 aromatic carbocycles. The minimum absolute atomic E-state index is 0.0359. The van der Waals surface area contributed by atoms with E-state index in [9.17, 15) is 4.79 Å². The van der Waals surface area contributed by atoms with Gasteiger partial charge in [-0.2, -0.15) is 0 Å². The van der Waals surface area contributed by atoms with Crippen LogP contribution in [0, 0.1) is 0 Å². The van der Waals surface area contributed by atoms with Crippen LogP contribution in [0.25, 0.3) is 0 Å². The molecule has 0 radical (unpaired) electrons. The molecule has 2 rings (SSSR count). The van der Waals surface area contributed by atoms with Crippen LogP contribution >= 0.6 is 0 Å². The zero-order valence-electron chi connectivity index (χ0n) is 9.69. The highest BCUT2D eigenvalue weighted by Gasteiger charge is 2.21. The van der Waals surface area contributed by atoms with Gasteiger partial charge in [-0.15, -0.1) is 0 Å². The maximum Gasteiger partial charge on any atom is 0.264 e. The molecule has 0 aliphatic carbocycles. The lowest BCUT2D eigenvalue weighted by molar-refractivity contribution is -0.120. The van der Waals surface area contributed by atoms with E-state index < -0.39 is 0 Å². The molecule has 0 saturated heterocycles. The van der Waals surface area contributed by atoms with Gasteiger partial charge in [-0.1, -0.05) is 6.07 Å². The van der Waals surface area contributed by atoms with Crippen molar-refractivity contribution in [2.45, 2.75) is 6.54 Å². The highest BCUT2D eigenvalue weighted by Crippen LogP contribution is 2.31. The van der Waals surface area contributed by atoms with Crippen molar-refractivity contribution in [3.8, 4) is 5.75 Å². The van der Waals surface area contributed by atoms with Gasteiger partial charge in [0.15, 0.2) is 6.61 Å². The topological polar surface area (TPSA) is 79.6 Å². The number of nitrogens with two attached hydrogens (primary N) is 1. The first kappa shape index (κ1) is 11.8. The first-order valence-corrected chi connectivity index (χ1v) is 5.39. The largest absolute Gasteiger partial charge is 0.482 e. The lowest BCUT2D eigenvalue weighted by Crippen LogP contribution is -2.36. The molecule has 4 N–H and O–H groups in total. The molecular weight excluding hydrogens is 220 g/mol. The van der Waals surface area contributed by atoms with Gasteiger partial charge in [-0.25, -0.2) is 5.43 Å². The van der Waals surface area contributed by atoms with E-state index in [0.717, 1.165) is 17.0 Å². The molecule has 1 aliphatic heterocycles. The van der Waals surface area contributed by atoms with Crippen molar-refractivity contribution < 1.29 is 9.53 Å². The fraction of sp³-hybridized carbons (Fsp3) is 0.364. The molecule has 0 unspecified atom stereocenters. The number of hydrazine groups is 1. The number of nitrogens with zero attached hydrogens (tertiary/aromatic N) is 1. The molecule has 17 heavy (non-hydrogen) atoms. The third-order valence-corrected chi connectivity index (χ3v) is 2.67. The summed E-state index contributed by atoms with van der Waals surface area (Å²) < 4.78 is 5.34. The number of anilines is 1. The van der Waals surface area contributed by atoms with Crippen LogP contribution in [-0.4, -0.2) is 26.2 Å². The molecule has 0 fully saturated rings. The molecule has 6 heteroatoms. The predicted octanol–water partition coefficient (Wildman–Crippen LogP) is -0.448. The van der Waals surface area contributed by atoms with Crippen molar-refractivity contribution in [2.24, 2.45) is 5.84 Å². The summed E-state index contributed by atoms with van der Waals surface area (Å²) in [5.41, 5.74) is 4.40. The summed E-state index contributed by atoms with van der Waals surface area (Å²) in [6.45, 7) is 1.32. The van der Waals surface area contributed by atoms with Gasteiger partial charge in [0.25, 0.3) is 5.91 Å². The average molecular weight is 236 g/mol. The van der Waals surface area contributed by atoms with Gasteiger partial charge in [-0.3, -0.25) is 16.0 Å². The molecule has 0 aromatic heterocycles. The van der Waals surface area contributed by atoms with Crippen molar-refractivity contribution in [1.29, 1.82) is 0 Å². The van der Waals surface area contributed by atoms with E-state index in [2.05, 4.69) is 10.7 Å². The lowest BCUT2D eigenvalue weighted by atomic mass is 10.1. The molecule has 1 amide bonds. The fourth-order valence-electron chi connectivity index (χ4n) is 1.71. The summed E-state index contributed by atoms with van der Waals surface area (Å²) in [7, 11) is 1.75. The second-order valence-electron chi connectivity index (χ2n) is 3.85. The molecule has 0 atom stereocenters. The molecule has 1 aromatic rings. The van der Waals surface area contributed by atoms with Gasteiger partial charge >= 0.3 is 0 Å². The molecule has 92 valence electrons. The van der Waals surface area contributed by atoms with E-state index in [4.69, 9.17) is 10.6 Å². The lowest BCUT2D eigenvalue weighted by Gasteiger charge is -2.26. The number of hydrogen-bond donors (Lipinski definition) is 3. The van der Waals surface area contributed by atoms with Gasteiger partial charge < -0.3 is 9.64 Å². The Morgan fingerprint density at radius 1 is 1.53 bits per heavy atom. The number of hydrogen-bond acceptors (Lipinski definition) is 5. The second-order valence-corrected chi connectivity index (χ2v) is 3.85. The highest BCUT2D eigenvalue weighted by atomic mass is 16.5. The Morgan fingerprint density at radius 2 is 2.35 bits per heavy atom. The van der Waals surface area contributed by atoms with Crippen molar-refractivity contribution in [1.82, 2.24) is 10.7 Å². The number of rotatable bonds is 4. The average Bonchev–Trinajstić information content (AvgIpc) is 2.35. The maximum absolute atomic E-state index is 11.5. The predicted molar refractivity (Wildman–Crippen MR) is 64.4 cm³/mol. The SMILES string of the molecule is CN1C(=O)COc2ccc(CNCNN)cc21. The summed E-state index contributed by atoms with van der Waals surface area (Å²) in [6.07, 6.45) is 0. The first-order chi connectivity index (χ1) is 8.22. The van der Waals surface area contributed by atoms with E-state index in [1.165, 1.54) is 0 Å². The van der Waals surface area contributed by atoms with Crippen LogP contribution < -0.4 is 26.2 Å². The summed E-state index contributed by atoms with van der Waals surface area (Å²) in [5.74, 6) is 5.87. The van der Waals surface area contributed by atoms with E-state index in [1.54, 1.807) is 11.9 Å². The summed E-state index contributed by atoms with van der Waals surface area (Å²) in [5, 5.41) is 3.10. The van der Waals surface area contributed by atoms with Gasteiger partial charge in [0.1, 0.15) is 5.75 Å². The number of carbonyl (C=O) groups is 1. The van der Waals surface area contributed by atoms with Crippen LogP contribution in [0.3, 0.4) is 0 Å². The van der Waals surface area contributed by atoms with E-state index in [1.807, 2.05) is 18.2 Å². The Balaban J connectivity index is 2.14. The number of nitrogens with one attached hydrogen (secondary N) is 2. The Morgan fingerprint density at radius 3 is 3.12 bits per heavy atom. The maximum atomic E-state index is 11.5. The van der Waals surface area contributed by atoms with Crippen LogP contribution in [-0.2, 0) is 11.3 Å². The van der Waals surface area contributed by atoms with Gasteiger partial charge in [-0.05, 0) is 17.7 Å². The summed E-state index contributed by atoms with van der Waals surface area (Å²) >= 11 is 0. The minimum atomic E-state index is -0.0359. The number of amides is 1. The fourth-order valence-corrected chi connectivity index (χ4v) is 1.71. The Hall–Kier alpha value is -1.63. The zero-order valence-corrected chi connectivity index (χ0v) is 9.69. The van der Waals surface area contributed by atoms with Crippen molar-refractivity contribution in [2.75, 3.05) is 25.2 Å². The number of fused-ring (bicyclic) bond motifs is 1. The normalized spacial score (nSPS) is 14.5. The number of carbonyl (C=O) groups excluding carboxylic acids is 1.